The second-order valence-electron chi connectivity index (χ2n) is 8.72. The Hall–Kier alpha value is -1.85. The second-order valence-corrected chi connectivity index (χ2v) is 9.64. The summed E-state index contributed by atoms with van der Waals surface area (Å²) in [6, 6.07) is 17.8. The molecule has 1 saturated heterocycles. The van der Waals surface area contributed by atoms with Crippen molar-refractivity contribution in [1.82, 2.24) is 4.90 Å². The molecule has 29 heavy (non-hydrogen) atoms. The molecular formula is C24H30BrNO3. The van der Waals surface area contributed by atoms with Crippen molar-refractivity contribution in [1.29, 1.82) is 0 Å². The fraction of sp³-hybridized carbons (Fsp3) is 0.458. The summed E-state index contributed by atoms with van der Waals surface area (Å²) in [5, 5.41) is 10.8. The number of hydrogen-bond donors (Lipinski definition) is 1. The van der Waals surface area contributed by atoms with Crippen LogP contribution in [0.25, 0.3) is 0 Å². The first-order chi connectivity index (χ1) is 13.6. The molecule has 1 aliphatic rings. The molecule has 2 atom stereocenters. The van der Waals surface area contributed by atoms with E-state index in [1.165, 1.54) is 0 Å². The van der Waals surface area contributed by atoms with Crippen LogP contribution < -0.4 is 0 Å². The molecule has 0 saturated carbocycles. The largest absolute Gasteiger partial charge is 0.438 e. The van der Waals surface area contributed by atoms with Crippen molar-refractivity contribution in [2.75, 3.05) is 6.54 Å². The van der Waals surface area contributed by atoms with Crippen LogP contribution in [-0.4, -0.2) is 28.2 Å². The molecule has 0 aliphatic carbocycles. The molecule has 2 unspecified atom stereocenters. The minimum absolute atomic E-state index is 0.347. The maximum Gasteiger partial charge on any atom is 0.411 e. The van der Waals surface area contributed by atoms with Gasteiger partial charge in [0, 0.05) is 23.9 Å². The maximum atomic E-state index is 13.3. The van der Waals surface area contributed by atoms with Gasteiger partial charge in [0.25, 0.3) is 0 Å². The maximum absolute atomic E-state index is 13.3. The molecule has 4 nitrogen and oxygen atoms in total. The van der Waals surface area contributed by atoms with Crippen LogP contribution >= 0.6 is 15.9 Å². The Morgan fingerprint density at radius 2 is 1.72 bits per heavy atom. The van der Waals surface area contributed by atoms with Crippen molar-refractivity contribution in [3.63, 3.8) is 0 Å². The van der Waals surface area contributed by atoms with Crippen molar-refractivity contribution in [2.45, 2.75) is 63.7 Å². The van der Waals surface area contributed by atoms with Crippen molar-refractivity contribution < 1.29 is 14.6 Å². The third kappa shape index (κ3) is 4.51. The van der Waals surface area contributed by atoms with Gasteiger partial charge in [0.15, 0.2) is 0 Å². The van der Waals surface area contributed by atoms with Crippen molar-refractivity contribution in [2.24, 2.45) is 0 Å². The highest BCUT2D eigenvalue weighted by atomic mass is 79.9. The van der Waals surface area contributed by atoms with Crippen LogP contribution in [0.4, 0.5) is 4.79 Å². The standard InChI is InChI=1S/C24H30BrNO3/c1-5-23(4,28)17-24(19-9-7-6-8-10-19)15-16-26(21(27)29-24)22(2,3)18-11-13-20(25)14-12-18/h6-14,28H,5,15-17H2,1-4H3. The zero-order valence-corrected chi connectivity index (χ0v) is 19.2. The first-order valence-corrected chi connectivity index (χ1v) is 10.9. The van der Waals surface area contributed by atoms with Crippen LogP contribution in [0.5, 0.6) is 0 Å². The molecule has 156 valence electrons. The number of benzene rings is 2. The fourth-order valence-electron chi connectivity index (χ4n) is 4.09. The molecule has 0 radical (unpaired) electrons. The van der Waals surface area contributed by atoms with Gasteiger partial charge in [-0.3, -0.25) is 4.90 Å². The van der Waals surface area contributed by atoms with Gasteiger partial charge in [0.2, 0.25) is 0 Å². The Balaban J connectivity index is 1.92. The Morgan fingerprint density at radius 1 is 1.10 bits per heavy atom. The van der Waals surface area contributed by atoms with Gasteiger partial charge >= 0.3 is 6.09 Å². The van der Waals surface area contributed by atoms with E-state index in [-0.39, 0.29) is 6.09 Å². The highest BCUT2D eigenvalue weighted by Crippen LogP contribution is 2.44. The Bertz CT molecular complexity index is 848. The normalized spacial score (nSPS) is 22.1. The van der Waals surface area contributed by atoms with Crippen molar-refractivity contribution in [3.05, 3.63) is 70.2 Å². The lowest BCUT2D eigenvalue weighted by Crippen LogP contribution is -2.56. The third-order valence-corrected chi connectivity index (χ3v) is 6.72. The third-order valence-electron chi connectivity index (χ3n) is 6.20. The first kappa shape index (κ1) is 21.8. The summed E-state index contributed by atoms with van der Waals surface area (Å²) in [4.78, 5) is 15.0. The van der Waals surface area contributed by atoms with Crippen LogP contribution in [0, 0.1) is 0 Å². The zero-order chi connectivity index (χ0) is 21.3. The van der Waals surface area contributed by atoms with E-state index in [4.69, 9.17) is 4.74 Å². The highest BCUT2D eigenvalue weighted by molar-refractivity contribution is 9.10. The average molecular weight is 460 g/mol. The summed E-state index contributed by atoms with van der Waals surface area (Å²) in [6.45, 7) is 8.39. The lowest BCUT2D eigenvalue weighted by molar-refractivity contribution is -0.114. The van der Waals surface area contributed by atoms with Gasteiger partial charge in [-0.05, 0) is 50.5 Å². The lowest BCUT2D eigenvalue weighted by Gasteiger charge is -2.48. The number of aliphatic hydroxyl groups is 1. The van der Waals surface area contributed by atoms with E-state index < -0.39 is 16.7 Å². The molecule has 2 aromatic carbocycles. The summed E-state index contributed by atoms with van der Waals surface area (Å²) in [5.74, 6) is 0. The van der Waals surface area contributed by atoms with Gasteiger partial charge in [-0.1, -0.05) is 65.3 Å². The van der Waals surface area contributed by atoms with E-state index in [9.17, 15) is 9.90 Å². The Kier molecular flexibility index (Phi) is 6.11. The van der Waals surface area contributed by atoms with Crippen molar-refractivity contribution >= 4 is 22.0 Å². The van der Waals surface area contributed by atoms with Gasteiger partial charge in [0.1, 0.15) is 5.60 Å². The summed E-state index contributed by atoms with van der Waals surface area (Å²) in [6.07, 6.45) is 1.24. The summed E-state index contributed by atoms with van der Waals surface area (Å²) in [5.41, 5.74) is -0.272. The number of carbonyl (C=O) groups is 1. The van der Waals surface area contributed by atoms with Gasteiger partial charge < -0.3 is 9.84 Å². The molecule has 1 fully saturated rings. The zero-order valence-electron chi connectivity index (χ0n) is 17.6. The minimum Gasteiger partial charge on any atom is -0.438 e. The topological polar surface area (TPSA) is 49.8 Å². The van der Waals surface area contributed by atoms with E-state index in [0.717, 1.165) is 15.6 Å². The number of ether oxygens (including phenoxy) is 1. The number of halogens is 1. The van der Waals surface area contributed by atoms with Crippen LogP contribution in [-0.2, 0) is 15.9 Å². The molecule has 1 amide bonds. The van der Waals surface area contributed by atoms with Gasteiger partial charge in [0.05, 0.1) is 11.1 Å². The number of carbonyl (C=O) groups excluding carboxylic acids is 1. The molecule has 1 aliphatic heterocycles. The number of rotatable bonds is 6. The predicted molar refractivity (Wildman–Crippen MR) is 119 cm³/mol. The average Bonchev–Trinajstić information content (AvgIpc) is 2.68. The molecule has 1 heterocycles. The second kappa shape index (κ2) is 8.11. The molecule has 5 heteroatoms. The summed E-state index contributed by atoms with van der Waals surface area (Å²) in [7, 11) is 0. The summed E-state index contributed by atoms with van der Waals surface area (Å²) < 4.78 is 7.16. The van der Waals surface area contributed by atoms with Crippen LogP contribution in [0.15, 0.2) is 59.1 Å². The van der Waals surface area contributed by atoms with Crippen LogP contribution in [0.1, 0.15) is 58.1 Å². The molecule has 0 spiro atoms. The van der Waals surface area contributed by atoms with Gasteiger partial charge in [-0.25, -0.2) is 4.79 Å². The van der Waals surface area contributed by atoms with E-state index in [0.29, 0.717) is 25.8 Å². The molecular weight excluding hydrogens is 430 g/mol. The Morgan fingerprint density at radius 3 is 2.28 bits per heavy atom. The van der Waals surface area contributed by atoms with Gasteiger partial charge in [-0.2, -0.15) is 0 Å². The first-order valence-electron chi connectivity index (χ1n) is 10.1. The number of hydrogen-bond acceptors (Lipinski definition) is 3. The van der Waals surface area contributed by atoms with E-state index >= 15 is 0 Å². The van der Waals surface area contributed by atoms with E-state index in [2.05, 4.69) is 15.9 Å². The van der Waals surface area contributed by atoms with Crippen LogP contribution in [0.3, 0.4) is 0 Å². The fourth-order valence-corrected chi connectivity index (χ4v) is 4.35. The smallest absolute Gasteiger partial charge is 0.411 e. The number of cyclic esters (lactones) is 1. The summed E-state index contributed by atoms with van der Waals surface area (Å²) >= 11 is 3.47. The monoisotopic (exact) mass is 459 g/mol. The predicted octanol–water partition coefficient (Wildman–Crippen LogP) is 5.97. The van der Waals surface area contributed by atoms with E-state index in [1.807, 2.05) is 82.3 Å². The molecule has 0 bridgehead atoms. The molecule has 2 aromatic rings. The molecule has 3 rings (SSSR count). The van der Waals surface area contributed by atoms with Crippen LogP contribution in [0.2, 0.25) is 0 Å². The SMILES string of the molecule is CCC(C)(O)CC1(c2ccccc2)CCN(C(C)(C)c2ccc(Br)cc2)C(=O)O1. The van der Waals surface area contributed by atoms with Gasteiger partial charge in [-0.15, -0.1) is 0 Å². The Labute approximate surface area is 182 Å². The highest BCUT2D eigenvalue weighted by Gasteiger charge is 2.48. The molecule has 1 N–H and O–H groups in total. The quantitative estimate of drug-likeness (QED) is 0.578. The van der Waals surface area contributed by atoms with Crippen molar-refractivity contribution in [3.8, 4) is 0 Å². The lowest BCUT2D eigenvalue weighted by atomic mass is 9.78. The number of nitrogens with zero attached hydrogens (tertiary/aromatic N) is 1. The minimum atomic E-state index is -0.917. The number of amides is 1. The molecule has 0 aromatic heterocycles. The van der Waals surface area contributed by atoms with E-state index in [1.54, 1.807) is 4.90 Å².